The van der Waals surface area contributed by atoms with Gasteiger partial charge in [-0.1, -0.05) is 24.3 Å². The first-order valence-electron chi connectivity index (χ1n) is 9.25. The molecule has 27 heavy (non-hydrogen) atoms. The van der Waals surface area contributed by atoms with Crippen molar-refractivity contribution in [2.75, 3.05) is 13.6 Å². The molecule has 3 heterocycles. The number of aromatic nitrogens is 2. The lowest BCUT2D eigenvalue weighted by Crippen LogP contribution is -2.31. The van der Waals surface area contributed by atoms with Gasteiger partial charge in [0.05, 0.1) is 17.6 Å². The van der Waals surface area contributed by atoms with E-state index >= 15 is 0 Å². The highest BCUT2D eigenvalue weighted by atomic mass is 32.1. The summed E-state index contributed by atoms with van der Waals surface area (Å²) in [4.78, 5) is 11.4. The fourth-order valence-corrected chi connectivity index (χ4v) is 4.92. The van der Waals surface area contributed by atoms with Crippen LogP contribution in [0.1, 0.15) is 28.3 Å². The highest BCUT2D eigenvalue weighted by molar-refractivity contribution is 7.17. The molecule has 0 amide bonds. The Bertz CT molecular complexity index is 1130. The van der Waals surface area contributed by atoms with Gasteiger partial charge in [-0.05, 0) is 59.6 Å². The van der Waals surface area contributed by atoms with Crippen LogP contribution in [0.15, 0.2) is 60.2 Å². The molecule has 5 rings (SSSR count). The molecule has 2 aromatic heterocycles. The maximum atomic E-state index is 4.64. The van der Waals surface area contributed by atoms with Gasteiger partial charge in [0.25, 0.3) is 0 Å². The van der Waals surface area contributed by atoms with Gasteiger partial charge < -0.3 is 4.90 Å². The summed E-state index contributed by atoms with van der Waals surface area (Å²) in [6.07, 6.45) is 3.65. The van der Waals surface area contributed by atoms with Crippen LogP contribution in [0.25, 0.3) is 21.3 Å². The number of thiophene rings is 1. The molecule has 0 saturated carbocycles. The van der Waals surface area contributed by atoms with Gasteiger partial charge in [-0.15, -0.1) is 11.3 Å². The Hall–Kier alpha value is -2.56. The predicted octanol–water partition coefficient (Wildman–Crippen LogP) is 5.24. The van der Waals surface area contributed by atoms with Gasteiger partial charge in [0.15, 0.2) is 0 Å². The first-order chi connectivity index (χ1) is 13.2. The Labute approximate surface area is 163 Å². The summed E-state index contributed by atoms with van der Waals surface area (Å²) in [5.41, 5.74) is 7.27. The van der Waals surface area contributed by atoms with Crippen molar-refractivity contribution in [1.82, 2.24) is 14.9 Å². The topological polar surface area (TPSA) is 29.0 Å². The second-order valence-corrected chi connectivity index (χ2v) is 8.37. The van der Waals surface area contributed by atoms with Gasteiger partial charge in [-0.2, -0.15) is 0 Å². The number of nitrogens with zero attached hydrogens (tertiary/aromatic N) is 3. The smallest absolute Gasteiger partial charge is 0.0888 e. The van der Waals surface area contributed by atoms with Crippen LogP contribution in [-0.4, -0.2) is 28.5 Å². The first-order valence-corrected chi connectivity index (χ1v) is 10.1. The maximum Gasteiger partial charge on any atom is 0.0888 e. The number of fused-ring (bicyclic) bond motifs is 2. The fraction of sp³-hybridized carbons (Fsp3) is 0.217. The van der Waals surface area contributed by atoms with Gasteiger partial charge in [-0.25, -0.2) is 4.98 Å². The van der Waals surface area contributed by atoms with Crippen molar-refractivity contribution < 1.29 is 0 Å². The van der Waals surface area contributed by atoms with Crippen molar-refractivity contribution in [2.45, 2.75) is 19.4 Å². The van der Waals surface area contributed by atoms with Crippen LogP contribution in [0.3, 0.4) is 0 Å². The van der Waals surface area contributed by atoms with E-state index < -0.39 is 0 Å². The number of aryl methyl sites for hydroxylation is 1. The second-order valence-electron chi connectivity index (χ2n) is 7.43. The Kier molecular flexibility index (Phi) is 4.03. The number of hydrogen-bond acceptors (Lipinski definition) is 4. The molecule has 4 heteroatoms. The molecule has 0 saturated heterocycles. The lowest BCUT2D eigenvalue weighted by Gasteiger charge is -2.33. The SMILES string of the molecule is Cc1cncc(-c2ccc3c(c2)CN(C)CC3c2ccc3ccsc3c2)n1. The largest absolute Gasteiger partial charge is 0.301 e. The van der Waals surface area contributed by atoms with Crippen LogP contribution in [0.2, 0.25) is 0 Å². The summed E-state index contributed by atoms with van der Waals surface area (Å²) >= 11 is 1.82. The average molecular weight is 372 g/mol. The lowest BCUT2D eigenvalue weighted by atomic mass is 9.84. The molecule has 1 aliphatic rings. The maximum absolute atomic E-state index is 4.64. The monoisotopic (exact) mass is 371 g/mol. The third kappa shape index (κ3) is 3.05. The molecule has 0 aliphatic carbocycles. The van der Waals surface area contributed by atoms with Crippen molar-refractivity contribution in [3.63, 3.8) is 0 Å². The standard InChI is InChI=1S/C23H21N3S/c1-15-11-24-12-22(25-15)18-5-6-20-19(9-18)13-26(2)14-21(20)17-4-3-16-7-8-27-23(16)10-17/h3-12,21H,13-14H2,1-2H3. The predicted molar refractivity (Wildman–Crippen MR) is 112 cm³/mol. The van der Waals surface area contributed by atoms with Crippen LogP contribution in [0.5, 0.6) is 0 Å². The third-order valence-corrected chi connectivity index (χ3v) is 6.27. The van der Waals surface area contributed by atoms with E-state index in [4.69, 9.17) is 0 Å². The van der Waals surface area contributed by atoms with Crippen molar-refractivity contribution >= 4 is 21.4 Å². The summed E-state index contributed by atoms with van der Waals surface area (Å²) in [7, 11) is 2.21. The van der Waals surface area contributed by atoms with Crippen LogP contribution in [-0.2, 0) is 6.54 Å². The van der Waals surface area contributed by atoms with Gasteiger partial charge in [0.2, 0.25) is 0 Å². The Morgan fingerprint density at radius 3 is 2.89 bits per heavy atom. The zero-order valence-electron chi connectivity index (χ0n) is 15.5. The van der Waals surface area contributed by atoms with E-state index in [1.807, 2.05) is 24.5 Å². The van der Waals surface area contributed by atoms with Crippen molar-refractivity contribution in [3.8, 4) is 11.3 Å². The highest BCUT2D eigenvalue weighted by Crippen LogP contribution is 2.36. The van der Waals surface area contributed by atoms with Crippen LogP contribution < -0.4 is 0 Å². The summed E-state index contributed by atoms with van der Waals surface area (Å²) in [5.74, 6) is 0.405. The molecular weight excluding hydrogens is 350 g/mol. The summed E-state index contributed by atoms with van der Waals surface area (Å²) in [6.45, 7) is 4.01. The highest BCUT2D eigenvalue weighted by Gasteiger charge is 2.25. The van der Waals surface area contributed by atoms with E-state index in [-0.39, 0.29) is 0 Å². The first kappa shape index (κ1) is 16.6. The minimum atomic E-state index is 0.405. The lowest BCUT2D eigenvalue weighted by molar-refractivity contribution is 0.295. The number of hydrogen-bond donors (Lipinski definition) is 0. The van der Waals surface area contributed by atoms with Gasteiger partial charge in [0.1, 0.15) is 0 Å². The van der Waals surface area contributed by atoms with E-state index in [1.54, 1.807) is 6.20 Å². The molecule has 3 nitrogen and oxygen atoms in total. The van der Waals surface area contributed by atoms with Gasteiger partial charge in [0, 0.05) is 35.5 Å². The number of benzene rings is 2. The van der Waals surface area contributed by atoms with Crippen LogP contribution in [0.4, 0.5) is 0 Å². The summed E-state index contributed by atoms with van der Waals surface area (Å²) in [6, 6.07) is 15.9. The van der Waals surface area contributed by atoms with Gasteiger partial charge >= 0.3 is 0 Å². The van der Waals surface area contributed by atoms with Crippen molar-refractivity contribution in [1.29, 1.82) is 0 Å². The van der Waals surface area contributed by atoms with E-state index in [1.165, 1.54) is 26.8 Å². The second kappa shape index (κ2) is 6.55. The molecule has 0 fully saturated rings. The number of likely N-dealkylation sites (N-methyl/N-ethyl adjacent to an activating group) is 1. The molecule has 0 bridgehead atoms. The quantitative estimate of drug-likeness (QED) is 0.482. The normalized spacial score (nSPS) is 17.2. The Morgan fingerprint density at radius 1 is 1.07 bits per heavy atom. The summed E-state index contributed by atoms with van der Waals surface area (Å²) < 4.78 is 1.37. The Morgan fingerprint density at radius 2 is 2.00 bits per heavy atom. The van der Waals surface area contributed by atoms with E-state index in [2.05, 4.69) is 69.8 Å². The molecule has 2 aromatic carbocycles. The molecule has 1 atom stereocenters. The third-order valence-electron chi connectivity index (χ3n) is 5.39. The summed E-state index contributed by atoms with van der Waals surface area (Å²) in [5, 5.41) is 3.51. The molecule has 0 spiro atoms. The van der Waals surface area contributed by atoms with Crippen LogP contribution in [0, 0.1) is 6.92 Å². The average Bonchev–Trinajstić information content (AvgIpc) is 3.14. The van der Waals surface area contributed by atoms with Crippen molar-refractivity contribution in [2.24, 2.45) is 0 Å². The zero-order valence-corrected chi connectivity index (χ0v) is 16.3. The zero-order chi connectivity index (χ0) is 18.4. The van der Waals surface area contributed by atoms with E-state index in [0.29, 0.717) is 5.92 Å². The van der Waals surface area contributed by atoms with E-state index in [9.17, 15) is 0 Å². The minimum absolute atomic E-state index is 0.405. The molecular formula is C23H21N3S. The Balaban J connectivity index is 1.58. The number of rotatable bonds is 2. The van der Waals surface area contributed by atoms with Crippen molar-refractivity contribution in [3.05, 3.63) is 82.6 Å². The minimum Gasteiger partial charge on any atom is -0.301 e. The molecule has 4 aromatic rings. The van der Waals surface area contributed by atoms with Gasteiger partial charge in [-0.3, -0.25) is 4.98 Å². The molecule has 0 radical (unpaired) electrons. The molecule has 134 valence electrons. The van der Waals surface area contributed by atoms with E-state index in [0.717, 1.165) is 30.0 Å². The molecule has 1 aliphatic heterocycles. The van der Waals surface area contributed by atoms with Crippen LogP contribution >= 0.6 is 11.3 Å². The fourth-order valence-electron chi connectivity index (χ4n) is 4.08. The molecule has 0 N–H and O–H groups in total. The molecule has 1 unspecified atom stereocenters.